The molecule has 0 radical (unpaired) electrons. The van der Waals surface area contributed by atoms with Crippen LogP contribution < -0.4 is 0 Å². The second kappa shape index (κ2) is 7.36. The first-order chi connectivity index (χ1) is 8.91. The van der Waals surface area contributed by atoms with Gasteiger partial charge in [0.05, 0.1) is 0 Å². The fourth-order valence-corrected chi connectivity index (χ4v) is 2.56. The average molecular weight is 270 g/mol. The number of nitrogens with zero attached hydrogens (tertiary/aromatic N) is 2. The van der Waals surface area contributed by atoms with Crippen LogP contribution in [0.4, 0.5) is 4.79 Å². The van der Waals surface area contributed by atoms with Crippen LogP contribution in [0, 0.1) is 5.92 Å². The van der Waals surface area contributed by atoms with Gasteiger partial charge in [0, 0.05) is 19.1 Å². The van der Waals surface area contributed by atoms with Gasteiger partial charge in [0.25, 0.3) is 0 Å². The summed E-state index contributed by atoms with van der Waals surface area (Å²) in [5.41, 5.74) is 0. The summed E-state index contributed by atoms with van der Waals surface area (Å²) in [5.74, 6) is -0.679. The van der Waals surface area contributed by atoms with Gasteiger partial charge in [-0.25, -0.2) is 4.79 Å². The lowest BCUT2D eigenvalue weighted by atomic mass is 10.1. The number of likely N-dealkylation sites (tertiary alicyclic amines) is 1. The Balaban J connectivity index is 2.74. The van der Waals surface area contributed by atoms with E-state index in [2.05, 4.69) is 6.92 Å². The number of carboxylic acids is 1. The number of hydrogen-bond acceptors (Lipinski definition) is 2. The Morgan fingerprint density at radius 2 is 2.00 bits per heavy atom. The molecule has 0 aromatic carbocycles. The van der Waals surface area contributed by atoms with E-state index in [-0.39, 0.29) is 24.5 Å². The van der Waals surface area contributed by atoms with Gasteiger partial charge in [0.2, 0.25) is 0 Å². The Labute approximate surface area is 115 Å². The lowest BCUT2D eigenvalue weighted by molar-refractivity contribution is -0.137. The monoisotopic (exact) mass is 270 g/mol. The van der Waals surface area contributed by atoms with Crippen LogP contribution in [0.5, 0.6) is 0 Å². The van der Waals surface area contributed by atoms with Crippen LogP contribution in [0.2, 0.25) is 0 Å². The number of rotatable bonds is 4. The van der Waals surface area contributed by atoms with Gasteiger partial charge in [-0.3, -0.25) is 4.79 Å². The second-order valence-corrected chi connectivity index (χ2v) is 5.84. The highest BCUT2D eigenvalue weighted by Gasteiger charge is 2.27. The first kappa shape index (κ1) is 15.8. The lowest BCUT2D eigenvalue weighted by Gasteiger charge is -2.33. The molecular weight excluding hydrogens is 244 g/mol. The van der Waals surface area contributed by atoms with Gasteiger partial charge in [0.15, 0.2) is 0 Å². The summed E-state index contributed by atoms with van der Waals surface area (Å²) in [6.45, 7) is 7.07. The molecule has 1 unspecified atom stereocenters. The van der Waals surface area contributed by atoms with Gasteiger partial charge in [-0.15, -0.1) is 0 Å². The topological polar surface area (TPSA) is 60.9 Å². The molecule has 0 aromatic heterocycles. The number of aliphatic carboxylic acids is 1. The Morgan fingerprint density at radius 1 is 1.32 bits per heavy atom. The van der Waals surface area contributed by atoms with Crippen molar-refractivity contribution in [3.63, 3.8) is 0 Å². The van der Waals surface area contributed by atoms with Crippen LogP contribution >= 0.6 is 0 Å². The maximum absolute atomic E-state index is 12.5. The molecule has 5 nitrogen and oxygen atoms in total. The molecule has 110 valence electrons. The van der Waals surface area contributed by atoms with Crippen molar-refractivity contribution in [1.82, 2.24) is 9.80 Å². The maximum atomic E-state index is 12.5. The molecule has 0 bridgehead atoms. The zero-order chi connectivity index (χ0) is 14.4. The van der Waals surface area contributed by atoms with Crippen LogP contribution in [0.3, 0.4) is 0 Å². The van der Waals surface area contributed by atoms with Crippen molar-refractivity contribution in [3.8, 4) is 0 Å². The predicted molar refractivity (Wildman–Crippen MR) is 74.1 cm³/mol. The van der Waals surface area contributed by atoms with Crippen molar-refractivity contribution in [2.45, 2.75) is 52.5 Å². The van der Waals surface area contributed by atoms with Gasteiger partial charge in [-0.2, -0.15) is 0 Å². The third-order valence-corrected chi connectivity index (χ3v) is 3.48. The van der Waals surface area contributed by atoms with Crippen LogP contribution in [0.25, 0.3) is 0 Å². The average Bonchev–Trinajstić information content (AvgIpc) is 2.51. The lowest BCUT2D eigenvalue weighted by Crippen LogP contribution is -2.49. The van der Waals surface area contributed by atoms with E-state index in [1.165, 1.54) is 4.90 Å². The van der Waals surface area contributed by atoms with Gasteiger partial charge in [-0.05, 0) is 25.7 Å². The molecule has 0 aliphatic carbocycles. The van der Waals surface area contributed by atoms with E-state index in [9.17, 15) is 9.59 Å². The SMILES string of the molecule is CC(C)CN(CC(=O)O)C(=O)N1CCCCCC1C. The fraction of sp³-hybridized carbons (Fsp3) is 0.857. The van der Waals surface area contributed by atoms with Crippen molar-refractivity contribution in [1.29, 1.82) is 0 Å². The molecule has 0 spiro atoms. The van der Waals surface area contributed by atoms with Crippen molar-refractivity contribution < 1.29 is 14.7 Å². The predicted octanol–water partition coefficient (Wildman–Crippen LogP) is 2.41. The normalized spacial score (nSPS) is 20.2. The van der Waals surface area contributed by atoms with Gasteiger partial charge in [-0.1, -0.05) is 26.7 Å². The Bertz CT molecular complexity index is 318. The molecule has 1 aliphatic rings. The molecule has 1 aliphatic heterocycles. The van der Waals surface area contributed by atoms with Crippen molar-refractivity contribution in [2.24, 2.45) is 5.92 Å². The summed E-state index contributed by atoms with van der Waals surface area (Å²) in [4.78, 5) is 26.7. The van der Waals surface area contributed by atoms with Gasteiger partial charge >= 0.3 is 12.0 Å². The molecule has 1 atom stereocenters. The smallest absolute Gasteiger partial charge is 0.323 e. The molecule has 1 N–H and O–H groups in total. The third-order valence-electron chi connectivity index (χ3n) is 3.48. The van der Waals surface area contributed by atoms with E-state index in [1.807, 2.05) is 18.7 Å². The standard InChI is InChI=1S/C14H26N2O3/c1-11(2)9-15(10-13(17)18)14(19)16-8-6-4-5-7-12(16)3/h11-12H,4-10H2,1-3H3,(H,17,18). The summed E-state index contributed by atoms with van der Waals surface area (Å²) in [7, 11) is 0. The molecule has 0 saturated carbocycles. The molecule has 0 aromatic rings. The first-order valence-corrected chi connectivity index (χ1v) is 7.19. The summed E-state index contributed by atoms with van der Waals surface area (Å²) in [6.07, 6.45) is 4.32. The number of carbonyl (C=O) groups excluding carboxylic acids is 1. The molecule has 2 amide bonds. The van der Waals surface area contributed by atoms with Gasteiger partial charge < -0.3 is 14.9 Å². The highest BCUT2D eigenvalue weighted by atomic mass is 16.4. The molecular formula is C14H26N2O3. The number of hydrogen-bond donors (Lipinski definition) is 1. The summed E-state index contributed by atoms with van der Waals surface area (Å²) in [6, 6.07) is 0.0870. The minimum absolute atomic E-state index is 0.120. The van der Waals surface area contributed by atoms with E-state index in [0.29, 0.717) is 6.54 Å². The summed E-state index contributed by atoms with van der Waals surface area (Å²) in [5, 5.41) is 8.95. The van der Waals surface area contributed by atoms with Crippen LogP contribution in [-0.4, -0.2) is 52.6 Å². The van der Waals surface area contributed by atoms with Crippen molar-refractivity contribution in [3.05, 3.63) is 0 Å². The van der Waals surface area contributed by atoms with Crippen LogP contribution in [-0.2, 0) is 4.79 Å². The Hall–Kier alpha value is -1.26. The number of carboxylic acid groups (broad SMARTS) is 1. The minimum Gasteiger partial charge on any atom is -0.480 e. The summed E-state index contributed by atoms with van der Waals surface area (Å²) < 4.78 is 0. The maximum Gasteiger partial charge on any atom is 0.323 e. The first-order valence-electron chi connectivity index (χ1n) is 7.19. The number of carbonyl (C=O) groups is 2. The van der Waals surface area contributed by atoms with Crippen LogP contribution in [0.15, 0.2) is 0 Å². The minimum atomic E-state index is -0.948. The highest BCUT2D eigenvalue weighted by Crippen LogP contribution is 2.18. The largest absolute Gasteiger partial charge is 0.480 e. The van der Waals surface area contributed by atoms with E-state index in [4.69, 9.17) is 5.11 Å². The Kier molecular flexibility index (Phi) is 6.12. The molecule has 19 heavy (non-hydrogen) atoms. The molecule has 1 fully saturated rings. The molecule has 1 heterocycles. The van der Waals surface area contributed by atoms with Crippen LogP contribution in [0.1, 0.15) is 46.5 Å². The van der Waals surface area contributed by atoms with E-state index in [1.54, 1.807) is 0 Å². The quantitative estimate of drug-likeness (QED) is 0.853. The zero-order valence-corrected chi connectivity index (χ0v) is 12.3. The van der Waals surface area contributed by atoms with E-state index in [0.717, 1.165) is 32.2 Å². The number of amides is 2. The van der Waals surface area contributed by atoms with E-state index < -0.39 is 5.97 Å². The summed E-state index contributed by atoms with van der Waals surface area (Å²) >= 11 is 0. The highest BCUT2D eigenvalue weighted by molar-refractivity contribution is 5.80. The fourth-order valence-electron chi connectivity index (χ4n) is 2.56. The zero-order valence-electron chi connectivity index (χ0n) is 12.3. The van der Waals surface area contributed by atoms with Crippen molar-refractivity contribution >= 4 is 12.0 Å². The molecule has 5 heteroatoms. The third kappa shape index (κ3) is 5.09. The number of urea groups is 1. The molecule has 1 saturated heterocycles. The van der Waals surface area contributed by atoms with E-state index >= 15 is 0 Å². The Morgan fingerprint density at radius 3 is 2.58 bits per heavy atom. The second-order valence-electron chi connectivity index (χ2n) is 5.84. The molecule has 1 rings (SSSR count). The van der Waals surface area contributed by atoms with Crippen molar-refractivity contribution in [2.75, 3.05) is 19.6 Å². The van der Waals surface area contributed by atoms with Gasteiger partial charge in [0.1, 0.15) is 6.54 Å².